The van der Waals surface area contributed by atoms with Crippen molar-refractivity contribution in [2.75, 3.05) is 0 Å². The van der Waals surface area contributed by atoms with E-state index in [-0.39, 0.29) is 88.1 Å². The van der Waals surface area contributed by atoms with Crippen LogP contribution in [-0.4, -0.2) is 17.4 Å². The molecule has 25 valence electrons. The van der Waals surface area contributed by atoms with Crippen LogP contribution in [0.25, 0.3) is 0 Å². The van der Waals surface area contributed by atoms with Crippen molar-refractivity contribution in [1.29, 1.82) is 0 Å². The summed E-state index contributed by atoms with van der Waals surface area (Å²) in [6.45, 7) is 0. The van der Waals surface area contributed by atoms with Crippen molar-refractivity contribution in [3.8, 4) is 0 Å². The van der Waals surface area contributed by atoms with E-state index in [0.717, 1.165) is 0 Å². The third-order valence-corrected chi connectivity index (χ3v) is 0. The Morgan fingerprint density at radius 1 is 1.20 bits per heavy atom. The Morgan fingerprint density at radius 3 is 1.20 bits per heavy atom. The summed E-state index contributed by atoms with van der Waals surface area (Å²) in [5, 5.41) is 0. The van der Waals surface area contributed by atoms with Crippen LogP contribution in [0.15, 0.2) is 0 Å². The third kappa shape index (κ3) is 20.6. The molecule has 0 amide bonds. The second-order valence-electron chi connectivity index (χ2n) is 0. The van der Waals surface area contributed by atoms with Gasteiger partial charge in [-0.1, -0.05) is 0 Å². The van der Waals surface area contributed by atoms with Gasteiger partial charge in [0.1, 0.15) is 0 Å². The number of hydrogen-bond acceptors (Lipinski definition) is 2. The van der Waals surface area contributed by atoms with Gasteiger partial charge in [0, 0.05) is 0 Å². The van der Waals surface area contributed by atoms with Crippen LogP contribution in [0, 0.1) is 39.8 Å². The van der Waals surface area contributed by atoms with Crippen LogP contribution >= 0.6 is 0 Å². The Labute approximate surface area is 88.8 Å². The van der Waals surface area contributed by atoms with Crippen LogP contribution in [0.3, 0.4) is 0 Å². The Kier molecular flexibility index (Phi) is 95.5. The van der Waals surface area contributed by atoms with Crippen LogP contribution in [-0.2, 0) is 34.0 Å². The van der Waals surface area contributed by atoms with E-state index in [0.29, 0.717) is 0 Å². The fourth-order valence-electron chi connectivity index (χ4n) is 0. The summed E-state index contributed by atoms with van der Waals surface area (Å²) in [4.78, 5) is 0. The molecule has 0 aliphatic carbocycles. The first-order valence-corrected chi connectivity index (χ1v) is 2.88. The van der Waals surface area contributed by atoms with Gasteiger partial charge in [-0.2, -0.15) is 0 Å². The Morgan fingerprint density at radius 2 is 1.20 bits per heavy atom. The topological polar surface area (TPSA) is 34.1 Å². The maximum absolute atomic E-state index is 8.39. The van der Waals surface area contributed by atoms with Crippen LogP contribution in [0.2, 0.25) is 0 Å². The first-order chi connectivity index (χ1) is 2.00. The van der Waals surface area contributed by atoms with Crippen LogP contribution in [0.4, 0.5) is 0 Å². The molecule has 0 aromatic rings. The van der Waals surface area contributed by atoms with Crippen molar-refractivity contribution < 1.29 is 73.8 Å². The summed E-state index contributed by atoms with van der Waals surface area (Å²) >= 11 is 0.156. The summed E-state index contributed by atoms with van der Waals surface area (Å²) in [5.41, 5.74) is 0. The van der Waals surface area contributed by atoms with E-state index in [1.54, 1.807) is 0 Å². The molecule has 0 bridgehead atoms. The Balaban J connectivity index is -0.0000000133. The predicted molar refractivity (Wildman–Crippen MR) is 11.3 cm³/mol. The molecule has 0 fully saturated rings. The normalized spacial score (nSPS) is 1.80. The Bertz CT molecular complexity index is 11.6. The molecule has 0 N–H and O–H groups in total. The molecule has 0 aliphatic rings. The zero-order valence-corrected chi connectivity index (χ0v) is 7.87. The number of rotatable bonds is 0. The van der Waals surface area contributed by atoms with Gasteiger partial charge < -0.3 is 0 Å². The molecule has 0 rings (SSSR count). The van der Waals surface area contributed by atoms with Crippen molar-refractivity contribution in [2.24, 2.45) is 0 Å². The minimum absolute atomic E-state index is 0. The molecule has 0 aliphatic heterocycles. The monoisotopic (exact) mass is 291 g/mol. The fourth-order valence-corrected chi connectivity index (χ4v) is 0. The van der Waals surface area contributed by atoms with Gasteiger partial charge in [0.25, 0.3) is 0 Å². The summed E-state index contributed by atoms with van der Waals surface area (Å²) < 4.78 is 16.8. The van der Waals surface area contributed by atoms with E-state index < -0.39 is 0 Å². The number of hydrogen-bond donors (Lipinski definition) is 0. The van der Waals surface area contributed by atoms with E-state index in [2.05, 4.69) is 0 Å². The van der Waals surface area contributed by atoms with E-state index in [1.165, 1.54) is 0 Å². The van der Waals surface area contributed by atoms with Crippen molar-refractivity contribution >= 4 is 17.4 Å². The summed E-state index contributed by atoms with van der Waals surface area (Å²) in [6.07, 6.45) is 0. The van der Waals surface area contributed by atoms with Gasteiger partial charge in [0.2, 0.25) is 0 Å². The first-order valence-electron chi connectivity index (χ1n) is 0.440. The molecule has 0 aromatic heterocycles. The summed E-state index contributed by atoms with van der Waals surface area (Å²) in [6, 6.07) is 0. The van der Waals surface area contributed by atoms with Gasteiger partial charge in [0.05, 0.1) is 0 Å². The average Bonchev–Trinajstić information content (AvgIpc) is 1.50. The fraction of sp³-hybridized carbons (Fsp3) is 0. The molecule has 5 heavy (non-hydrogen) atoms. The molecule has 0 radical (unpaired) electrons. The molecular weight excluding hydrogens is 288 g/mol. The van der Waals surface area contributed by atoms with Crippen LogP contribution in [0.1, 0.15) is 0 Å². The van der Waals surface area contributed by atoms with Crippen LogP contribution < -0.4 is 0 Å². The van der Waals surface area contributed by atoms with Crippen molar-refractivity contribution in [3.63, 3.8) is 0 Å². The van der Waals surface area contributed by atoms with Gasteiger partial charge in [-0.25, -0.2) is 0 Å². The van der Waals surface area contributed by atoms with E-state index >= 15 is 0 Å². The van der Waals surface area contributed by atoms with Gasteiger partial charge in [-0.3, -0.25) is 0 Å². The average molecular weight is 291 g/mol. The molecule has 0 saturated carbocycles. The molecule has 2 nitrogen and oxygen atoms in total. The SMILES string of the molecule is [AlH3].[O]=[Ce].[O]=[Y]. The molecule has 5 heteroatoms. The van der Waals surface area contributed by atoms with Gasteiger partial charge in [0.15, 0.2) is 17.4 Å². The molecule has 0 unspecified atom stereocenters. The molecule has 0 spiro atoms. The molecule has 0 aromatic carbocycles. The molecular formula is H3AlCeO2Y. The van der Waals surface area contributed by atoms with Gasteiger partial charge in [-0.15, -0.1) is 0 Å². The second-order valence-corrected chi connectivity index (χ2v) is 0. The maximum atomic E-state index is 8.39. The second kappa shape index (κ2) is 30.5. The van der Waals surface area contributed by atoms with Crippen molar-refractivity contribution in [1.82, 2.24) is 0 Å². The quantitative estimate of drug-likeness (QED) is 0.513. The predicted octanol–water partition coefficient (Wildman–Crippen LogP) is -1.42. The van der Waals surface area contributed by atoms with Crippen molar-refractivity contribution in [2.45, 2.75) is 0 Å². The van der Waals surface area contributed by atoms with Crippen molar-refractivity contribution in [3.05, 3.63) is 0 Å². The molecule has 0 heterocycles. The van der Waals surface area contributed by atoms with Crippen LogP contribution in [0.5, 0.6) is 0 Å². The zero-order valence-electron chi connectivity index (χ0n) is 1.89. The van der Waals surface area contributed by atoms with E-state index in [4.69, 9.17) is 2.98 Å². The first kappa shape index (κ1) is 15.6. The Hall–Kier alpha value is 2.61. The molecule has 0 saturated heterocycles. The van der Waals surface area contributed by atoms with E-state index in [1.807, 2.05) is 0 Å². The van der Waals surface area contributed by atoms with E-state index in [9.17, 15) is 0 Å². The summed E-state index contributed by atoms with van der Waals surface area (Å²) in [5.74, 6) is 0. The standard InChI is InChI=1S/Al.Ce.2O.Y.3H. The summed E-state index contributed by atoms with van der Waals surface area (Å²) in [7, 11) is 0. The van der Waals surface area contributed by atoms with Gasteiger partial charge >= 0.3 is 73.8 Å². The molecule has 0 atom stereocenters. The third-order valence-electron chi connectivity index (χ3n) is 0. The minimum atomic E-state index is 0. The van der Waals surface area contributed by atoms with Gasteiger partial charge in [-0.05, 0) is 0 Å². The zero-order chi connectivity index (χ0) is 4.00.